The molecule has 1 unspecified atom stereocenters. The van der Waals surface area contributed by atoms with Crippen LogP contribution in [-0.4, -0.2) is 46.9 Å². The first kappa shape index (κ1) is 22.1. The molecule has 9 nitrogen and oxygen atoms in total. The Labute approximate surface area is 202 Å². The Kier molecular flexibility index (Phi) is 5.97. The van der Waals surface area contributed by atoms with Crippen LogP contribution in [0.3, 0.4) is 0 Å². The molecule has 0 aliphatic carbocycles. The number of rotatable bonds is 6. The first-order valence-electron chi connectivity index (χ1n) is 10.4. The zero-order valence-corrected chi connectivity index (χ0v) is 20.7. The summed E-state index contributed by atoms with van der Waals surface area (Å²) in [7, 11) is 0. The van der Waals surface area contributed by atoms with E-state index in [0.29, 0.717) is 27.1 Å². The molecule has 1 amide bonds. The van der Waals surface area contributed by atoms with Crippen molar-refractivity contribution in [3.63, 3.8) is 0 Å². The Morgan fingerprint density at radius 1 is 1.27 bits per heavy atom. The lowest BCUT2D eigenvalue weighted by molar-refractivity contribution is -0.116. The topological polar surface area (TPSA) is 108 Å². The van der Waals surface area contributed by atoms with Gasteiger partial charge in [-0.05, 0) is 42.9 Å². The third kappa shape index (κ3) is 4.18. The Bertz CT molecular complexity index is 1430. The van der Waals surface area contributed by atoms with Gasteiger partial charge in [-0.3, -0.25) is 14.2 Å². The van der Waals surface area contributed by atoms with E-state index in [0.717, 1.165) is 21.3 Å². The highest BCUT2D eigenvalue weighted by atomic mass is 32.2. The summed E-state index contributed by atoms with van der Waals surface area (Å²) >= 11 is 4.41. The van der Waals surface area contributed by atoms with E-state index in [1.165, 1.54) is 28.7 Å². The monoisotopic (exact) mass is 499 g/mol. The number of hydrogen-bond donors (Lipinski definition) is 1. The van der Waals surface area contributed by atoms with Crippen molar-refractivity contribution in [3.8, 4) is 5.69 Å². The molecule has 4 aromatic rings. The first-order chi connectivity index (χ1) is 15.9. The van der Waals surface area contributed by atoms with Gasteiger partial charge in [0.25, 0.3) is 5.56 Å². The lowest BCUT2D eigenvalue weighted by atomic mass is 10.1. The van der Waals surface area contributed by atoms with Crippen molar-refractivity contribution in [1.29, 1.82) is 0 Å². The number of amides is 1. The van der Waals surface area contributed by atoms with Gasteiger partial charge in [0.2, 0.25) is 11.0 Å². The maximum Gasteiger partial charge on any atom is 0.265 e. The highest BCUT2D eigenvalue weighted by molar-refractivity contribution is 8.01. The van der Waals surface area contributed by atoms with Crippen LogP contribution in [-0.2, 0) is 4.79 Å². The molecule has 1 aliphatic heterocycles. The van der Waals surface area contributed by atoms with E-state index in [2.05, 4.69) is 27.5 Å². The molecule has 12 heteroatoms. The minimum atomic E-state index is -0.281. The van der Waals surface area contributed by atoms with Gasteiger partial charge in [-0.15, -0.1) is 10.2 Å². The summed E-state index contributed by atoms with van der Waals surface area (Å²) in [6, 6.07) is 5.76. The van der Waals surface area contributed by atoms with Crippen LogP contribution in [0.1, 0.15) is 30.5 Å². The van der Waals surface area contributed by atoms with Gasteiger partial charge in [0.05, 0.1) is 17.9 Å². The fourth-order valence-electron chi connectivity index (χ4n) is 3.65. The Morgan fingerprint density at radius 2 is 2.12 bits per heavy atom. The minimum absolute atomic E-state index is 0.161. The van der Waals surface area contributed by atoms with Gasteiger partial charge < -0.3 is 5.32 Å². The van der Waals surface area contributed by atoms with Crippen molar-refractivity contribution < 1.29 is 4.79 Å². The predicted molar refractivity (Wildman–Crippen MR) is 132 cm³/mol. The van der Waals surface area contributed by atoms with Gasteiger partial charge in [0.1, 0.15) is 5.39 Å². The molecule has 4 heterocycles. The second kappa shape index (κ2) is 8.92. The third-order valence-corrected chi connectivity index (χ3v) is 8.40. The van der Waals surface area contributed by atoms with Gasteiger partial charge in [-0.25, -0.2) is 9.67 Å². The molecule has 33 heavy (non-hydrogen) atoms. The smallest absolute Gasteiger partial charge is 0.265 e. The molecular weight excluding hydrogens is 478 g/mol. The normalized spacial score (nSPS) is 15.2. The maximum absolute atomic E-state index is 13.3. The standard InChI is InChI=1S/C21H21N7O2S3/c1-4-31-21-26-25-19(33-21)23-16(29)8-14-10-32-20-24-17-15(18(30)27(14)20)9-22-28(17)13-6-5-11(2)12(3)7-13/h5-7,9,14H,4,8,10H2,1-3H3,(H,23,25,29). The second-order valence-corrected chi connectivity index (χ2v) is 11.1. The molecule has 1 atom stereocenters. The van der Waals surface area contributed by atoms with Gasteiger partial charge in [0.15, 0.2) is 15.1 Å². The summed E-state index contributed by atoms with van der Waals surface area (Å²) < 4.78 is 4.14. The molecule has 0 saturated heterocycles. The lowest BCUT2D eigenvalue weighted by Gasteiger charge is -2.13. The molecule has 1 N–H and O–H groups in total. The quantitative estimate of drug-likeness (QED) is 0.242. The number of aryl methyl sites for hydroxylation is 2. The fourth-order valence-corrected chi connectivity index (χ4v) is 6.45. The van der Waals surface area contributed by atoms with Gasteiger partial charge in [0, 0.05) is 12.2 Å². The van der Waals surface area contributed by atoms with Gasteiger partial charge >= 0.3 is 0 Å². The van der Waals surface area contributed by atoms with Crippen molar-refractivity contribution in [2.24, 2.45) is 0 Å². The summed E-state index contributed by atoms with van der Waals surface area (Å²) in [6.45, 7) is 6.13. The highest BCUT2D eigenvalue weighted by Gasteiger charge is 2.30. The number of carbonyl (C=O) groups excluding carboxylic acids is 1. The van der Waals surface area contributed by atoms with Crippen LogP contribution in [0.4, 0.5) is 5.13 Å². The van der Waals surface area contributed by atoms with Crippen molar-refractivity contribution in [2.75, 3.05) is 16.8 Å². The number of nitrogens with zero attached hydrogens (tertiary/aromatic N) is 6. The van der Waals surface area contributed by atoms with E-state index >= 15 is 0 Å². The van der Waals surface area contributed by atoms with Crippen LogP contribution in [0.2, 0.25) is 0 Å². The molecule has 170 valence electrons. The molecule has 5 rings (SSSR count). The number of nitrogens with one attached hydrogen (secondary N) is 1. The van der Waals surface area contributed by atoms with Crippen molar-refractivity contribution in [3.05, 3.63) is 45.9 Å². The largest absolute Gasteiger partial charge is 0.300 e. The molecule has 1 aromatic carbocycles. The van der Waals surface area contributed by atoms with Crippen LogP contribution in [0.5, 0.6) is 0 Å². The second-order valence-electron chi connectivity index (χ2n) is 7.66. The molecule has 0 radical (unpaired) electrons. The number of carbonyl (C=O) groups is 1. The minimum Gasteiger partial charge on any atom is -0.300 e. The van der Waals surface area contributed by atoms with E-state index in [1.807, 2.05) is 32.0 Å². The fraction of sp³-hybridized carbons (Fsp3) is 0.333. The zero-order valence-electron chi connectivity index (χ0n) is 18.2. The molecule has 1 aliphatic rings. The molecule has 0 saturated carbocycles. The van der Waals surface area contributed by atoms with Crippen molar-refractivity contribution in [2.45, 2.75) is 42.7 Å². The van der Waals surface area contributed by atoms with E-state index in [1.54, 1.807) is 27.2 Å². The van der Waals surface area contributed by atoms with Gasteiger partial charge in [-0.2, -0.15) is 5.10 Å². The maximum atomic E-state index is 13.3. The zero-order chi connectivity index (χ0) is 23.1. The number of anilines is 1. The Balaban J connectivity index is 1.41. The summed E-state index contributed by atoms with van der Waals surface area (Å²) in [5, 5.41) is 16.8. The van der Waals surface area contributed by atoms with Crippen LogP contribution >= 0.6 is 34.9 Å². The number of fused-ring (bicyclic) bond motifs is 2. The molecule has 0 fully saturated rings. The summed E-state index contributed by atoms with van der Waals surface area (Å²) in [5.74, 6) is 1.30. The van der Waals surface area contributed by atoms with E-state index < -0.39 is 0 Å². The summed E-state index contributed by atoms with van der Waals surface area (Å²) in [4.78, 5) is 30.7. The summed E-state index contributed by atoms with van der Waals surface area (Å²) in [6.07, 6.45) is 1.72. The average molecular weight is 500 g/mol. The Morgan fingerprint density at radius 3 is 2.91 bits per heavy atom. The van der Waals surface area contributed by atoms with Crippen LogP contribution in [0.25, 0.3) is 16.7 Å². The van der Waals surface area contributed by atoms with E-state index in [9.17, 15) is 9.59 Å². The van der Waals surface area contributed by atoms with Crippen LogP contribution < -0.4 is 10.9 Å². The van der Waals surface area contributed by atoms with Crippen LogP contribution in [0.15, 0.2) is 38.7 Å². The number of hydrogen-bond acceptors (Lipinski definition) is 9. The number of thioether (sulfide) groups is 2. The lowest BCUT2D eigenvalue weighted by Crippen LogP contribution is -2.27. The molecule has 0 spiro atoms. The van der Waals surface area contributed by atoms with Crippen molar-refractivity contribution >= 4 is 56.9 Å². The SMILES string of the molecule is CCSc1nnc(NC(=O)CC2CSc3nc4c(cnn4-c4ccc(C)c(C)c4)c(=O)n32)s1. The summed E-state index contributed by atoms with van der Waals surface area (Å²) in [5.41, 5.74) is 3.55. The molecule has 3 aromatic heterocycles. The number of benzene rings is 1. The first-order valence-corrected chi connectivity index (χ1v) is 13.2. The highest BCUT2D eigenvalue weighted by Crippen LogP contribution is 2.34. The Hall–Kier alpha value is -2.70. The number of aromatic nitrogens is 6. The van der Waals surface area contributed by atoms with Crippen molar-refractivity contribution in [1.82, 2.24) is 29.5 Å². The van der Waals surface area contributed by atoms with Gasteiger partial charge in [-0.1, -0.05) is 47.9 Å². The third-order valence-electron chi connectivity index (χ3n) is 5.45. The molecule has 0 bridgehead atoms. The van der Waals surface area contributed by atoms with E-state index in [-0.39, 0.29) is 23.9 Å². The predicted octanol–water partition coefficient (Wildman–Crippen LogP) is 3.84. The van der Waals surface area contributed by atoms with Crippen LogP contribution in [0, 0.1) is 13.8 Å². The average Bonchev–Trinajstić information content (AvgIpc) is 3.50. The molecular formula is C21H21N7O2S3. The van der Waals surface area contributed by atoms with E-state index in [4.69, 9.17) is 4.98 Å².